The predicted octanol–water partition coefficient (Wildman–Crippen LogP) is 1.28. The fourth-order valence-corrected chi connectivity index (χ4v) is 0.987. The van der Waals surface area contributed by atoms with Crippen LogP contribution in [0.15, 0.2) is 16.9 Å². The van der Waals surface area contributed by atoms with Crippen molar-refractivity contribution in [3.63, 3.8) is 0 Å². The Balaban J connectivity index is 2.90. The molecule has 1 rings (SSSR count). The van der Waals surface area contributed by atoms with Gasteiger partial charge in [0.15, 0.2) is 0 Å². The Bertz CT molecular complexity index is 330. The highest BCUT2D eigenvalue weighted by atomic mass is 79.9. The van der Waals surface area contributed by atoms with E-state index in [1.165, 1.54) is 6.08 Å². The van der Waals surface area contributed by atoms with E-state index in [0.29, 0.717) is 5.82 Å². The molecule has 1 aromatic rings. The van der Waals surface area contributed by atoms with Gasteiger partial charge in [0.05, 0.1) is 6.20 Å². The van der Waals surface area contributed by atoms with Gasteiger partial charge in [-0.2, -0.15) is 0 Å². The lowest BCUT2D eigenvalue weighted by molar-refractivity contribution is -0.131. The largest absolute Gasteiger partial charge is 0.478 e. The number of rotatable bonds is 2. The average Bonchev–Trinajstić information content (AvgIpc) is 2.30. The molecule has 1 heterocycles. The Kier molecular flexibility index (Phi) is 2.65. The maximum absolute atomic E-state index is 10.2. The van der Waals surface area contributed by atoms with E-state index >= 15 is 0 Å². The van der Waals surface area contributed by atoms with Crippen molar-refractivity contribution in [3.05, 3.63) is 22.7 Å². The standard InChI is InChI=1S/C7H7BrN2O2/c1-10-5(8)4-9-6(10)2-3-7(11)12/h2-4H,1H3,(H,11,12)/b3-2+. The molecule has 5 heteroatoms. The number of aliphatic carboxylic acids is 1. The molecule has 1 aromatic heterocycles. The first-order valence-corrected chi connectivity index (χ1v) is 3.99. The molecule has 64 valence electrons. The third kappa shape index (κ3) is 1.94. The fraction of sp³-hybridized carbons (Fsp3) is 0.143. The van der Waals surface area contributed by atoms with Crippen LogP contribution >= 0.6 is 15.9 Å². The molecule has 0 saturated heterocycles. The number of carbonyl (C=O) groups is 1. The molecule has 0 aliphatic heterocycles. The zero-order valence-electron chi connectivity index (χ0n) is 6.36. The van der Waals surface area contributed by atoms with Crippen molar-refractivity contribution >= 4 is 28.0 Å². The third-order valence-electron chi connectivity index (χ3n) is 1.34. The van der Waals surface area contributed by atoms with Gasteiger partial charge in [-0.25, -0.2) is 9.78 Å². The van der Waals surface area contributed by atoms with Crippen LogP contribution in [0, 0.1) is 0 Å². The summed E-state index contributed by atoms with van der Waals surface area (Å²) in [4.78, 5) is 14.1. The molecule has 0 aliphatic carbocycles. The molecular formula is C7H7BrN2O2. The number of aromatic nitrogens is 2. The van der Waals surface area contributed by atoms with Crippen LogP contribution < -0.4 is 0 Å². The Hall–Kier alpha value is -1.10. The Labute approximate surface area is 77.7 Å². The van der Waals surface area contributed by atoms with Crippen LogP contribution in [0.25, 0.3) is 6.08 Å². The minimum absolute atomic E-state index is 0.601. The Morgan fingerprint density at radius 2 is 2.50 bits per heavy atom. The van der Waals surface area contributed by atoms with Gasteiger partial charge in [-0.15, -0.1) is 0 Å². The van der Waals surface area contributed by atoms with Crippen molar-refractivity contribution < 1.29 is 9.90 Å². The molecule has 12 heavy (non-hydrogen) atoms. The van der Waals surface area contributed by atoms with E-state index in [2.05, 4.69) is 20.9 Å². The van der Waals surface area contributed by atoms with Crippen molar-refractivity contribution in [2.75, 3.05) is 0 Å². The maximum atomic E-state index is 10.2. The second-order valence-electron chi connectivity index (χ2n) is 2.17. The molecule has 0 spiro atoms. The van der Waals surface area contributed by atoms with E-state index in [1.807, 2.05) is 0 Å². The van der Waals surface area contributed by atoms with Crippen LogP contribution in [0.3, 0.4) is 0 Å². The van der Waals surface area contributed by atoms with Gasteiger partial charge in [0.25, 0.3) is 0 Å². The van der Waals surface area contributed by atoms with Crippen LogP contribution in [0.2, 0.25) is 0 Å². The highest BCUT2D eigenvalue weighted by molar-refractivity contribution is 9.10. The first-order chi connectivity index (χ1) is 5.61. The van der Waals surface area contributed by atoms with Gasteiger partial charge in [-0.05, 0) is 22.0 Å². The lowest BCUT2D eigenvalue weighted by Gasteiger charge is -1.94. The summed E-state index contributed by atoms with van der Waals surface area (Å²) in [7, 11) is 1.79. The summed E-state index contributed by atoms with van der Waals surface area (Å²) >= 11 is 3.24. The number of hydrogen-bond acceptors (Lipinski definition) is 2. The summed E-state index contributed by atoms with van der Waals surface area (Å²) in [5.74, 6) is -0.376. The van der Waals surface area contributed by atoms with E-state index in [1.54, 1.807) is 17.8 Å². The van der Waals surface area contributed by atoms with E-state index in [9.17, 15) is 4.79 Å². The minimum Gasteiger partial charge on any atom is -0.478 e. The lowest BCUT2D eigenvalue weighted by Crippen LogP contribution is -1.93. The molecule has 0 aliphatic rings. The van der Waals surface area contributed by atoms with E-state index in [-0.39, 0.29) is 0 Å². The van der Waals surface area contributed by atoms with Crippen molar-refractivity contribution in [1.82, 2.24) is 9.55 Å². The summed E-state index contributed by atoms with van der Waals surface area (Å²) in [6, 6.07) is 0. The molecular weight excluding hydrogens is 224 g/mol. The molecule has 0 radical (unpaired) electrons. The highest BCUT2D eigenvalue weighted by Crippen LogP contribution is 2.10. The molecule has 0 amide bonds. The molecule has 1 N–H and O–H groups in total. The molecule has 0 unspecified atom stereocenters. The minimum atomic E-state index is -0.978. The summed E-state index contributed by atoms with van der Waals surface area (Å²) < 4.78 is 2.55. The second kappa shape index (κ2) is 3.53. The van der Waals surface area contributed by atoms with Crippen LogP contribution in [-0.2, 0) is 11.8 Å². The van der Waals surface area contributed by atoms with E-state index in [0.717, 1.165) is 10.7 Å². The number of imidazole rings is 1. The normalized spacial score (nSPS) is 10.8. The Morgan fingerprint density at radius 1 is 1.83 bits per heavy atom. The highest BCUT2D eigenvalue weighted by Gasteiger charge is 1.99. The van der Waals surface area contributed by atoms with E-state index in [4.69, 9.17) is 5.11 Å². The molecule has 0 bridgehead atoms. The van der Waals surface area contributed by atoms with Crippen LogP contribution in [-0.4, -0.2) is 20.6 Å². The molecule has 0 saturated carbocycles. The van der Waals surface area contributed by atoms with E-state index < -0.39 is 5.97 Å². The monoisotopic (exact) mass is 230 g/mol. The van der Waals surface area contributed by atoms with Gasteiger partial charge < -0.3 is 9.67 Å². The lowest BCUT2D eigenvalue weighted by atomic mass is 10.5. The fourth-order valence-electron chi connectivity index (χ4n) is 0.703. The average molecular weight is 231 g/mol. The zero-order valence-corrected chi connectivity index (χ0v) is 7.95. The predicted molar refractivity (Wildman–Crippen MR) is 47.6 cm³/mol. The van der Waals surface area contributed by atoms with Gasteiger partial charge in [-0.1, -0.05) is 0 Å². The van der Waals surface area contributed by atoms with Gasteiger partial charge in [0, 0.05) is 13.1 Å². The number of carboxylic acids is 1. The number of hydrogen-bond donors (Lipinski definition) is 1. The van der Waals surface area contributed by atoms with Crippen molar-refractivity contribution in [2.45, 2.75) is 0 Å². The second-order valence-corrected chi connectivity index (χ2v) is 2.98. The summed E-state index contributed by atoms with van der Waals surface area (Å²) in [5.41, 5.74) is 0. The van der Waals surface area contributed by atoms with Gasteiger partial charge in [0.1, 0.15) is 10.4 Å². The third-order valence-corrected chi connectivity index (χ3v) is 2.08. The molecule has 0 fully saturated rings. The van der Waals surface area contributed by atoms with Crippen molar-refractivity contribution in [2.24, 2.45) is 7.05 Å². The SMILES string of the molecule is Cn1c(Br)cnc1/C=C/C(=O)O. The maximum Gasteiger partial charge on any atom is 0.328 e. The quantitative estimate of drug-likeness (QED) is 0.780. The van der Waals surface area contributed by atoms with Gasteiger partial charge >= 0.3 is 5.97 Å². The van der Waals surface area contributed by atoms with Gasteiger partial charge in [-0.3, -0.25) is 0 Å². The number of nitrogens with zero attached hydrogens (tertiary/aromatic N) is 2. The summed E-state index contributed by atoms with van der Waals surface area (Å²) in [6.07, 6.45) is 4.10. The van der Waals surface area contributed by atoms with Crippen LogP contribution in [0.1, 0.15) is 5.82 Å². The summed E-state index contributed by atoms with van der Waals surface area (Å²) in [5, 5.41) is 8.34. The van der Waals surface area contributed by atoms with Crippen LogP contribution in [0.5, 0.6) is 0 Å². The van der Waals surface area contributed by atoms with Gasteiger partial charge in [0.2, 0.25) is 0 Å². The van der Waals surface area contributed by atoms with Crippen molar-refractivity contribution in [1.29, 1.82) is 0 Å². The first kappa shape index (κ1) is 8.99. The summed E-state index contributed by atoms with van der Waals surface area (Å²) in [6.45, 7) is 0. The van der Waals surface area contributed by atoms with Crippen molar-refractivity contribution in [3.8, 4) is 0 Å². The molecule has 0 aromatic carbocycles. The number of carboxylic acid groups (broad SMARTS) is 1. The Morgan fingerprint density at radius 3 is 2.92 bits per heavy atom. The molecule has 4 nitrogen and oxygen atoms in total. The molecule has 0 atom stereocenters. The smallest absolute Gasteiger partial charge is 0.328 e. The first-order valence-electron chi connectivity index (χ1n) is 3.19. The number of halogens is 1. The topological polar surface area (TPSA) is 55.1 Å². The zero-order chi connectivity index (χ0) is 9.14. The van der Waals surface area contributed by atoms with Crippen LogP contribution in [0.4, 0.5) is 0 Å².